The third kappa shape index (κ3) is 4.54. The maximum absolute atomic E-state index is 10.2. The van der Waals surface area contributed by atoms with Crippen LogP contribution in [0.5, 0.6) is 0 Å². The molecule has 0 aromatic heterocycles. The van der Waals surface area contributed by atoms with Crippen molar-refractivity contribution in [2.75, 3.05) is 33.0 Å². The number of aliphatic hydroxyl groups excluding tert-OH is 4. The van der Waals surface area contributed by atoms with Gasteiger partial charge in [-0.2, -0.15) is 0 Å². The fraction of sp³-hybridized carbons (Fsp3) is 0.875. The predicted molar refractivity (Wildman–Crippen MR) is 48.2 cm³/mol. The SMILES string of the molecule is O=C(O)C(O)COCC(CO)(CO)CO. The smallest absolute Gasteiger partial charge is 0.334 e. The van der Waals surface area contributed by atoms with Gasteiger partial charge in [0.2, 0.25) is 0 Å². The first-order valence-corrected chi connectivity index (χ1v) is 4.32. The van der Waals surface area contributed by atoms with Gasteiger partial charge in [-0.15, -0.1) is 0 Å². The van der Waals surface area contributed by atoms with Gasteiger partial charge in [0.05, 0.1) is 38.4 Å². The summed E-state index contributed by atoms with van der Waals surface area (Å²) in [5.74, 6) is -1.42. The Balaban J connectivity index is 3.96. The molecule has 0 aliphatic carbocycles. The van der Waals surface area contributed by atoms with Crippen molar-refractivity contribution < 1.29 is 35.1 Å². The number of carbonyl (C=O) groups is 1. The summed E-state index contributed by atoms with van der Waals surface area (Å²) in [5, 5.41) is 43.8. The Morgan fingerprint density at radius 1 is 1.20 bits per heavy atom. The van der Waals surface area contributed by atoms with E-state index in [1.165, 1.54) is 0 Å². The van der Waals surface area contributed by atoms with Gasteiger partial charge in [-0.05, 0) is 0 Å². The van der Waals surface area contributed by atoms with Crippen LogP contribution in [0.25, 0.3) is 0 Å². The second-order valence-corrected chi connectivity index (χ2v) is 3.34. The zero-order chi connectivity index (χ0) is 11.9. The maximum Gasteiger partial charge on any atom is 0.334 e. The summed E-state index contributed by atoms with van der Waals surface area (Å²) < 4.78 is 4.78. The molecule has 7 nitrogen and oxygen atoms in total. The third-order valence-electron chi connectivity index (χ3n) is 1.98. The highest BCUT2D eigenvalue weighted by Gasteiger charge is 2.29. The molecule has 1 atom stereocenters. The molecule has 0 fully saturated rings. The zero-order valence-corrected chi connectivity index (χ0v) is 8.17. The van der Waals surface area contributed by atoms with Crippen molar-refractivity contribution in [3.05, 3.63) is 0 Å². The molecule has 0 heterocycles. The number of carboxylic acid groups (broad SMARTS) is 1. The lowest BCUT2D eigenvalue weighted by Gasteiger charge is -2.27. The van der Waals surface area contributed by atoms with E-state index in [2.05, 4.69) is 0 Å². The molecular formula is C8H16O7. The number of hydrogen-bond donors (Lipinski definition) is 5. The lowest BCUT2D eigenvalue weighted by Crippen LogP contribution is -2.40. The van der Waals surface area contributed by atoms with Gasteiger partial charge < -0.3 is 30.3 Å². The van der Waals surface area contributed by atoms with E-state index in [1.54, 1.807) is 0 Å². The summed E-state index contributed by atoms with van der Waals surface area (Å²) in [4.78, 5) is 10.2. The third-order valence-corrected chi connectivity index (χ3v) is 1.98. The van der Waals surface area contributed by atoms with Gasteiger partial charge in [0.25, 0.3) is 0 Å². The van der Waals surface area contributed by atoms with Crippen molar-refractivity contribution >= 4 is 5.97 Å². The van der Waals surface area contributed by atoms with Gasteiger partial charge in [-0.1, -0.05) is 0 Å². The van der Waals surface area contributed by atoms with Crippen LogP contribution in [0.4, 0.5) is 0 Å². The van der Waals surface area contributed by atoms with Crippen LogP contribution < -0.4 is 0 Å². The Morgan fingerprint density at radius 2 is 1.67 bits per heavy atom. The van der Waals surface area contributed by atoms with Gasteiger partial charge in [0, 0.05) is 0 Å². The van der Waals surface area contributed by atoms with E-state index >= 15 is 0 Å². The first-order chi connectivity index (χ1) is 7.01. The summed E-state index contributed by atoms with van der Waals surface area (Å²) >= 11 is 0. The minimum Gasteiger partial charge on any atom is -0.479 e. The zero-order valence-electron chi connectivity index (χ0n) is 8.17. The van der Waals surface area contributed by atoms with Crippen LogP contribution in [0, 0.1) is 5.41 Å². The Hall–Kier alpha value is -0.730. The second-order valence-electron chi connectivity index (χ2n) is 3.34. The number of hydrogen-bond acceptors (Lipinski definition) is 6. The monoisotopic (exact) mass is 224 g/mol. The fourth-order valence-electron chi connectivity index (χ4n) is 0.745. The van der Waals surface area contributed by atoms with E-state index in [4.69, 9.17) is 30.3 Å². The summed E-state index contributed by atoms with van der Waals surface area (Å²) in [5.41, 5.74) is -1.21. The number of rotatable bonds is 8. The van der Waals surface area contributed by atoms with Gasteiger partial charge in [0.15, 0.2) is 6.10 Å². The Labute approximate surface area is 86.5 Å². The van der Waals surface area contributed by atoms with Gasteiger partial charge in [0.1, 0.15) is 0 Å². The Kier molecular flexibility index (Phi) is 6.37. The van der Waals surface area contributed by atoms with Crippen LogP contribution in [0.3, 0.4) is 0 Å². The molecule has 0 spiro atoms. The normalized spacial score (nSPS) is 13.9. The van der Waals surface area contributed by atoms with E-state index in [0.717, 1.165) is 0 Å². The van der Waals surface area contributed by atoms with Crippen molar-refractivity contribution in [1.29, 1.82) is 0 Å². The lowest BCUT2D eigenvalue weighted by atomic mass is 9.93. The van der Waals surface area contributed by atoms with Crippen molar-refractivity contribution in [2.45, 2.75) is 6.10 Å². The highest BCUT2D eigenvalue weighted by Crippen LogP contribution is 2.14. The van der Waals surface area contributed by atoms with Crippen molar-refractivity contribution in [2.24, 2.45) is 5.41 Å². The highest BCUT2D eigenvalue weighted by atomic mass is 16.5. The number of aliphatic carboxylic acids is 1. The van der Waals surface area contributed by atoms with Crippen LogP contribution in [-0.2, 0) is 9.53 Å². The number of carboxylic acids is 1. The summed E-state index contributed by atoms with van der Waals surface area (Å²) in [6.45, 7) is -2.19. The summed E-state index contributed by atoms with van der Waals surface area (Å²) in [6, 6.07) is 0. The van der Waals surface area contributed by atoms with Crippen molar-refractivity contribution in [3.8, 4) is 0 Å². The molecule has 0 amide bonds. The van der Waals surface area contributed by atoms with E-state index in [0.29, 0.717) is 0 Å². The molecule has 0 aromatic rings. The first-order valence-electron chi connectivity index (χ1n) is 4.32. The van der Waals surface area contributed by atoms with Crippen LogP contribution >= 0.6 is 0 Å². The molecule has 0 saturated carbocycles. The molecule has 0 aromatic carbocycles. The molecule has 0 bridgehead atoms. The fourth-order valence-corrected chi connectivity index (χ4v) is 0.745. The number of ether oxygens (including phenoxy) is 1. The van der Waals surface area contributed by atoms with E-state index in [1.807, 2.05) is 0 Å². The average molecular weight is 224 g/mol. The average Bonchev–Trinajstić information content (AvgIpc) is 2.24. The Morgan fingerprint density at radius 3 is 2.00 bits per heavy atom. The van der Waals surface area contributed by atoms with E-state index in [-0.39, 0.29) is 6.61 Å². The van der Waals surface area contributed by atoms with E-state index < -0.39 is 43.9 Å². The van der Waals surface area contributed by atoms with Crippen LogP contribution in [0.1, 0.15) is 0 Å². The molecule has 0 radical (unpaired) electrons. The van der Waals surface area contributed by atoms with Crippen LogP contribution in [-0.4, -0.2) is 70.6 Å². The number of aliphatic hydroxyl groups is 4. The first kappa shape index (κ1) is 14.3. The minimum absolute atomic E-state index is 0.235. The standard InChI is InChI=1S/C8H16O7/c9-2-8(3-10,4-11)5-15-1-6(12)7(13)14/h6,9-12H,1-5H2,(H,13,14). The van der Waals surface area contributed by atoms with Crippen molar-refractivity contribution in [3.63, 3.8) is 0 Å². The topological polar surface area (TPSA) is 127 Å². The molecular weight excluding hydrogens is 208 g/mol. The molecule has 5 N–H and O–H groups in total. The predicted octanol–water partition coefficient (Wildman–Crippen LogP) is -2.59. The Bertz CT molecular complexity index is 181. The summed E-state index contributed by atoms with van der Waals surface area (Å²) in [6.07, 6.45) is -1.65. The molecule has 0 rings (SSSR count). The quantitative estimate of drug-likeness (QED) is 0.306. The van der Waals surface area contributed by atoms with Gasteiger partial charge in [-0.25, -0.2) is 4.79 Å². The van der Waals surface area contributed by atoms with Gasteiger partial charge >= 0.3 is 5.97 Å². The van der Waals surface area contributed by atoms with Crippen LogP contribution in [0.15, 0.2) is 0 Å². The molecule has 15 heavy (non-hydrogen) atoms. The van der Waals surface area contributed by atoms with E-state index in [9.17, 15) is 4.79 Å². The summed E-state index contributed by atoms with van der Waals surface area (Å²) in [7, 11) is 0. The molecule has 0 aliphatic heterocycles. The molecule has 7 heteroatoms. The molecule has 90 valence electrons. The molecule has 0 saturated heterocycles. The molecule has 0 aliphatic rings. The lowest BCUT2D eigenvalue weighted by molar-refractivity contribution is -0.151. The van der Waals surface area contributed by atoms with Crippen LogP contribution in [0.2, 0.25) is 0 Å². The van der Waals surface area contributed by atoms with Crippen molar-refractivity contribution in [1.82, 2.24) is 0 Å². The highest BCUT2D eigenvalue weighted by molar-refractivity contribution is 5.71. The molecule has 1 unspecified atom stereocenters. The van der Waals surface area contributed by atoms with Gasteiger partial charge in [-0.3, -0.25) is 0 Å². The minimum atomic E-state index is -1.65. The largest absolute Gasteiger partial charge is 0.479 e. The maximum atomic E-state index is 10.2. The second kappa shape index (κ2) is 6.70.